The van der Waals surface area contributed by atoms with Gasteiger partial charge in [-0.3, -0.25) is 4.99 Å². The van der Waals surface area contributed by atoms with E-state index in [1.165, 1.54) is 11.1 Å². The fraction of sp³-hybridized carbons (Fsp3) is 0.550. The van der Waals surface area contributed by atoms with Crippen LogP contribution in [0.2, 0.25) is 0 Å². The van der Waals surface area contributed by atoms with Crippen LogP contribution in [0, 0.1) is 12.8 Å². The van der Waals surface area contributed by atoms with Crippen LogP contribution in [0.1, 0.15) is 42.8 Å². The summed E-state index contributed by atoms with van der Waals surface area (Å²) in [5, 5.41) is 14.9. The van der Waals surface area contributed by atoms with Gasteiger partial charge in [0.25, 0.3) is 0 Å². The van der Waals surface area contributed by atoms with E-state index in [0.717, 1.165) is 44.3 Å². The number of aromatic nitrogens is 3. The van der Waals surface area contributed by atoms with Gasteiger partial charge in [-0.1, -0.05) is 29.8 Å². The minimum absolute atomic E-state index is 0. The fourth-order valence-electron chi connectivity index (χ4n) is 3.47. The molecule has 1 aromatic heterocycles. The van der Waals surface area contributed by atoms with Gasteiger partial charge in [-0.15, -0.1) is 34.2 Å². The Morgan fingerprint density at radius 2 is 2.07 bits per heavy atom. The zero-order chi connectivity index (χ0) is 19.1. The Hall–Kier alpha value is -1.68. The highest BCUT2D eigenvalue weighted by Crippen LogP contribution is 2.33. The van der Waals surface area contributed by atoms with Crippen molar-refractivity contribution in [1.82, 2.24) is 25.4 Å². The summed E-state index contributed by atoms with van der Waals surface area (Å²) in [6.45, 7) is 7.28. The Balaban J connectivity index is 0.00000280. The first kappa shape index (κ1) is 22.6. The molecule has 2 N–H and O–H groups in total. The predicted octanol–water partition coefficient (Wildman–Crippen LogP) is 3.06. The predicted molar refractivity (Wildman–Crippen MR) is 122 cm³/mol. The summed E-state index contributed by atoms with van der Waals surface area (Å²) in [4.78, 5) is 4.33. The van der Waals surface area contributed by atoms with Gasteiger partial charge >= 0.3 is 0 Å². The van der Waals surface area contributed by atoms with Gasteiger partial charge in [0.15, 0.2) is 11.8 Å². The lowest BCUT2D eigenvalue weighted by Gasteiger charge is -2.32. The van der Waals surface area contributed by atoms with Crippen LogP contribution in [0.25, 0.3) is 0 Å². The summed E-state index contributed by atoms with van der Waals surface area (Å²) >= 11 is 0. The molecule has 0 radical (unpaired) electrons. The van der Waals surface area contributed by atoms with Crippen molar-refractivity contribution < 1.29 is 4.74 Å². The molecule has 0 spiro atoms. The molecule has 1 aromatic carbocycles. The van der Waals surface area contributed by atoms with Gasteiger partial charge in [0, 0.05) is 32.7 Å². The number of aliphatic imine (C=N–C) groups is 1. The number of hydrogen-bond acceptors (Lipinski definition) is 4. The third kappa shape index (κ3) is 5.91. The second-order valence-electron chi connectivity index (χ2n) is 6.94. The Morgan fingerprint density at radius 1 is 1.29 bits per heavy atom. The Kier molecular flexibility index (Phi) is 9.17. The standard InChI is InChI=1S/C20H30N6O.HI/c1-4-26-14-24-25-18(26)13-23-20(21-3)22-12-17-6-5-11-27-19(17)16-9-7-15(2)8-10-16;/h7-10,14,17,19H,4-6,11-13H2,1-3H3,(H2,21,22,23);1H. The largest absolute Gasteiger partial charge is 0.373 e. The summed E-state index contributed by atoms with van der Waals surface area (Å²) in [5.41, 5.74) is 2.53. The third-order valence-corrected chi connectivity index (χ3v) is 5.06. The van der Waals surface area contributed by atoms with Crippen molar-refractivity contribution in [2.24, 2.45) is 10.9 Å². The van der Waals surface area contributed by atoms with Crippen molar-refractivity contribution in [1.29, 1.82) is 0 Å². The molecule has 28 heavy (non-hydrogen) atoms. The molecule has 1 aliphatic heterocycles. The molecule has 0 saturated carbocycles. The molecule has 0 bridgehead atoms. The number of hydrogen-bond donors (Lipinski definition) is 2. The summed E-state index contributed by atoms with van der Waals surface area (Å²) < 4.78 is 8.13. The van der Waals surface area contributed by atoms with Gasteiger partial charge in [0.05, 0.1) is 12.6 Å². The van der Waals surface area contributed by atoms with Crippen LogP contribution in [0.4, 0.5) is 0 Å². The van der Waals surface area contributed by atoms with Crippen molar-refractivity contribution in [3.05, 3.63) is 47.5 Å². The number of nitrogens with zero attached hydrogens (tertiary/aromatic N) is 4. The first-order valence-electron chi connectivity index (χ1n) is 9.70. The zero-order valence-corrected chi connectivity index (χ0v) is 19.2. The average Bonchev–Trinajstić information content (AvgIpc) is 3.17. The topological polar surface area (TPSA) is 76.4 Å². The van der Waals surface area contributed by atoms with Crippen LogP contribution in [-0.2, 0) is 17.8 Å². The van der Waals surface area contributed by atoms with Gasteiger partial charge in [-0.05, 0) is 32.3 Å². The maximum Gasteiger partial charge on any atom is 0.191 e. The van der Waals surface area contributed by atoms with Gasteiger partial charge in [-0.25, -0.2) is 0 Å². The normalized spacial score (nSPS) is 19.8. The van der Waals surface area contributed by atoms with E-state index in [4.69, 9.17) is 4.74 Å². The molecule has 2 unspecified atom stereocenters. The molecule has 1 saturated heterocycles. The summed E-state index contributed by atoms with van der Waals surface area (Å²) in [5.74, 6) is 2.09. The Bertz CT molecular complexity index is 745. The molecular weight excluding hydrogens is 467 g/mol. The van der Waals surface area contributed by atoms with E-state index in [-0.39, 0.29) is 30.1 Å². The van der Waals surface area contributed by atoms with E-state index in [2.05, 4.69) is 63.9 Å². The maximum absolute atomic E-state index is 6.11. The van der Waals surface area contributed by atoms with Crippen molar-refractivity contribution in [3.63, 3.8) is 0 Å². The number of ether oxygens (including phenoxy) is 1. The molecule has 2 heterocycles. The highest BCUT2D eigenvalue weighted by Gasteiger charge is 2.27. The van der Waals surface area contributed by atoms with E-state index in [0.29, 0.717) is 12.5 Å². The zero-order valence-electron chi connectivity index (χ0n) is 16.9. The Morgan fingerprint density at radius 3 is 2.79 bits per heavy atom. The van der Waals surface area contributed by atoms with E-state index < -0.39 is 0 Å². The highest BCUT2D eigenvalue weighted by atomic mass is 127. The van der Waals surface area contributed by atoms with E-state index in [9.17, 15) is 0 Å². The molecule has 1 fully saturated rings. The van der Waals surface area contributed by atoms with E-state index in [1.807, 2.05) is 4.57 Å². The lowest BCUT2D eigenvalue weighted by atomic mass is 9.89. The monoisotopic (exact) mass is 498 g/mol. The number of aryl methyl sites for hydroxylation is 2. The highest BCUT2D eigenvalue weighted by molar-refractivity contribution is 14.0. The van der Waals surface area contributed by atoms with Crippen LogP contribution < -0.4 is 10.6 Å². The van der Waals surface area contributed by atoms with Crippen LogP contribution in [0.15, 0.2) is 35.6 Å². The minimum atomic E-state index is 0. The van der Waals surface area contributed by atoms with Crippen molar-refractivity contribution in [2.45, 2.75) is 45.9 Å². The molecule has 1 aliphatic rings. The molecular formula is C20H31IN6O. The lowest BCUT2D eigenvalue weighted by molar-refractivity contribution is -0.0265. The number of guanidine groups is 1. The quantitative estimate of drug-likeness (QED) is 0.364. The van der Waals surface area contributed by atoms with Crippen molar-refractivity contribution in [3.8, 4) is 0 Å². The van der Waals surface area contributed by atoms with Gasteiger partial charge in [0.2, 0.25) is 0 Å². The van der Waals surface area contributed by atoms with Crippen LogP contribution in [-0.4, -0.2) is 40.9 Å². The SMILES string of the molecule is CCn1cnnc1CNC(=NC)NCC1CCCOC1c1ccc(C)cc1.I. The number of halogens is 1. The minimum Gasteiger partial charge on any atom is -0.373 e. The summed E-state index contributed by atoms with van der Waals surface area (Å²) in [6, 6.07) is 8.68. The molecule has 2 aromatic rings. The molecule has 154 valence electrons. The molecule has 2 atom stereocenters. The smallest absolute Gasteiger partial charge is 0.191 e. The van der Waals surface area contributed by atoms with Gasteiger partial charge in [-0.2, -0.15) is 0 Å². The van der Waals surface area contributed by atoms with Crippen LogP contribution in [0.3, 0.4) is 0 Å². The van der Waals surface area contributed by atoms with E-state index in [1.54, 1.807) is 13.4 Å². The number of nitrogens with one attached hydrogen (secondary N) is 2. The van der Waals surface area contributed by atoms with Crippen molar-refractivity contribution in [2.75, 3.05) is 20.2 Å². The average molecular weight is 498 g/mol. The molecule has 8 heteroatoms. The van der Waals surface area contributed by atoms with E-state index >= 15 is 0 Å². The first-order chi connectivity index (χ1) is 13.2. The molecule has 0 aliphatic carbocycles. The molecule has 7 nitrogen and oxygen atoms in total. The molecule has 3 rings (SSSR count). The number of rotatable bonds is 6. The lowest BCUT2D eigenvalue weighted by Crippen LogP contribution is -2.42. The second kappa shape index (κ2) is 11.4. The summed E-state index contributed by atoms with van der Waals surface area (Å²) in [7, 11) is 1.79. The first-order valence-corrected chi connectivity index (χ1v) is 9.70. The van der Waals surface area contributed by atoms with Crippen molar-refractivity contribution >= 4 is 29.9 Å². The second-order valence-corrected chi connectivity index (χ2v) is 6.94. The van der Waals surface area contributed by atoms with Gasteiger partial charge in [0.1, 0.15) is 6.33 Å². The number of benzene rings is 1. The van der Waals surface area contributed by atoms with Crippen LogP contribution >= 0.6 is 24.0 Å². The summed E-state index contributed by atoms with van der Waals surface area (Å²) in [6.07, 6.45) is 4.12. The fourth-order valence-corrected chi connectivity index (χ4v) is 3.47. The van der Waals surface area contributed by atoms with Crippen LogP contribution in [0.5, 0.6) is 0 Å². The molecule has 0 amide bonds. The third-order valence-electron chi connectivity index (χ3n) is 5.06. The maximum atomic E-state index is 6.11. The Labute approximate surface area is 184 Å². The van der Waals surface area contributed by atoms with Gasteiger partial charge < -0.3 is 19.9 Å².